The number of hydrogen-bond donors (Lipinski definition) is 6. The van der Waals surface area contributed by atoms with Crippen molar-refractivity contribution in [3.8, 4) is 5.75 Å². The molecule has 5 heterocycles. The van der Waals surface area contributed by atoms with Crippen molar-refractivity contribution < 1.29 is 24.7 Å². The first kappa shape index (κ1) is 31.1. The second-order valence-corrected chi connectivity index (χ2v) is 10.5. The second kappa shape index (κ2) is 12.8. The number of rotatable bonds is 5. The Kier molecular flexibility index (Phi) is 8.32. The number of fused-ring (bicyclic) bond motifs is 4. The first-order valence-corrected chi connectivity index (χ1v) is 14.5. The fourth-order valence-electron chi connectivity index (χ4n) is 5.26. The number of nitrogens with one attached hydrogen (secondary N) is 3. The molecule has 0 aliphatic carbocycles. The Hall–Kier alpha value is -6.90. The van der Waals surface area contributed by atoms with Crippen molar-refractivity contribution in [2.24, 2.45) is 0 Å². The van der Waals surface area contributed by atoms with Crippen LogP contribution in [-0.4, -0.2) is 48.7 Å². The molecule has 1 aliphatic heterocycles. The Bertz CT molecular complexity index is 2320. The van der Waals surface area contributed by atoms with Crippen LogP contribution in [-0.2, 0) is 6.61 Å². The van der Waals surface area contributed by atoms with Crippen molar-refractivity contribution in [3.05, 3.63) is 134 Å². The third-order valence-electron chi connectivity index (χ3n) is 7.58. The van der Waals surface area contributed by atoms with E-state index in [1.54, 1.807) is 24.3 Å². The summed E-state index contributed by atoms with van der Waals surface area (Å²) < 4.78 is 6.73. The van der Waals surface area contributed by atoms with Gasteiger partial charge in [0.25, 0.3) is 22.9 Å². The van der Waals surface area contributed by atoms with Crippen molar-refractivity contribution in [1.29, 1.82) is 0 Å². The number of nitrogens with zero attached hydrogens (tertiary/aromatic N) is 4. The number of benzene rings is 2. The Morgan fingerprint density at radius 3 is 2.19 bits per heavy atom. The van der Waals surface area contributed by atoms with Gasteiger partial charge in [0.1, 0.15) is 29.6 Å². The van der Waals surface area contributed by atoms with Crippen molar-refractivity contribution in [3.63, 3.8) is 0 Å². The number of anilines is 2. The van der Waals surface area contributed by atoms with Crippen LogP contribution >= 0.6 is 0 Å². The maximum absolute atomic E-state index is 12.8. The molecule has 1 atom stereocenters. The standard InChI is InChI=1S/C23H18N4O4.C10H10N4O3/c28-22-18-19(16-10-6-12-24-21(16)27(30)23(18)29)25-20(26-22)15-9-4-5-11-17(15)31-13-14-7-2-1-3-8-14;1-12-9(15)6-7(11)5-3-2-4-13-8(5)14(17)10(6)16/h1-12,20,25,30H,13H2,(H,26,28);2-4,17H,11H2,1H3,(H,12,15). The Morgan fingerprint density at radius 2 is 1.48 bits per heavy atom. The minimum atomic E-state index is -0.895. The largest absolute Gasteiger partial charge is 0.488 e. The number of carbonyl (C=O) groups is 2. The number of amides is 2. The fourth-order valence-corrected chi connectivity index (χ4v) is 5.26. The van der Waals surface area contributed by atoms with Gasteiger partial charge >= 0.3 is 0 Å². The van der Waals surface area contributed by atoms with Gasteiger partial charge in [0, 0.05) is 35.8 Å². The molecule has 0 bridgehead atoms. The molecular weight excluding hydrogens is 620 g/mol. The summed E-state index contributed by atoms with van der Waals surface area (Å²) in [7, 11) is 1.37. The molecular formula is C33H28N8O7. The molecule has 15 nitrogen and oxygen atoms in total. The van der Waals surface area contributed by atoms with E-state index >= 15 is 0 Å². The van der Waals surface area contributed by atoms with E-state index in [-0.39, 0.29) is 28.1 Å². The number of nitrogen functional groups attached to an aromatic ring is 1. The van der Waals surface area contributed by atoms with E-state index in [1.165, 1.54) is 19.4 Å². The fraction of sp³-hybridized carbons (Fsp3) is 0.0909. The van der Waals surface area contributed by atoms with Crippen LogP contribution in [0.2, 0.25) is 0 Å². The van der Waals surface area contributed by atoms with Crippen LogP contribution in [0, 0.1) is 0 Å². The van der Waals surface area contributed by atoms with E-state index in [9.17, 15) is 29.6 Å². The summed E-state index contributed by atoms with van der Waals surface area (Å²) in [5, 5.41) is 28.9. The summed E-state index contributed by atoms with van der Waals surface area (Å²) in [5.74, 6) is -0.637. The maximum Gasteiger partial charge on any atom is 0.299 e. The average Bonchev–Trinajstić information content (AvgIpc) is 3.12. The average molecular weight is 649 g/mol. The molecule has 4 aromatic heterocycles. The van der Waals surface area contributed by atoms with Crippen LogP contribution in [0.1, 0.15) is 38.0 Å². The Balaban J connectivity index is 0.000000200. The Labute approximate surface area is 270 Å². The zero-order valence-corrected chi connectivity index (χ0v) is 25.2. The van der Waals surface area contributed by atoms with Gasteiger partial charge in [-0.15, -0.1) is 9.46 Å². The lowest BCUT2D eigenvalue weighted by Crippen LogP contribution is -2.43. The summed E-state index contributed by atoms with van der Waals surface area (Å²) in [4.78, 5) is 56.5. The predicted octanol–water partition coefficient (Wildman–Crippen LogP) is 2.64. The molecule has 7 rings (SSSR count). The lowest BCUT2D eigenvalue weighted by Gasteiger charge is -2.29. The van der Waals surface area contributed by atoms with E-state index in [1.807, 2.05) is 54.6 Å². The smallest absolute Gasteiger partial charge is 0.299 e. The van der Waals surface area contributed by atoms with E-state index in [0.717, 1.165) is 5.56 Å². The quantitative estimate of drug-likeness (QED) is 0.149. The molecule has 0 spiro atoms. The van der Waals surface area contributed by atoms with Gasteiger partial charge in [-0.3, -0.25) is 19.2 Å². The van der Waals surface area contributed by atoms with Crippen LogP contribution in [0.3, 0.4) is 0 Å². The molecule has 1 unspecified atom stereocenters. The molecule has 0 saturated carbocycles. The van der Waals surface area contributed by atoms with Crippen LogP contribution in [0.25, 0.3) is 22.1 Å². The lowest BCUT2D eigenvalue weighted by molar-refractivity contribution is 0.0925. The highest BCUT2D eigenvalue weighted by atomic mass is 16.5. The van der Waals surface area contributed by atoms with Gasteiger partial charge in [-0.2, -0.15) is 0 Å². The van der Waals surface area contributed by atoms with Crippen LogP contribution in [0.4, 0.5) is 11.4 Å². The van der Waals surface area contributed by atoms with E-state index in [0.29, 0.717) is 43.8 Å². The van der Waals surface area contributed by atoms with E-state index in [2.05, 4.69) is 25.9 Å². The highest BCUT2D eigenvalue weighted by Gasteiger charge is 2.32. The molecule has 0 fully saturated rings. The number of aromatic nitrogens is 4. The second-order valence-electron chi connectivity index (χ2n) is 10.5. The first-order valence-electron chi connectivity index (χ1n) is 14.5. The number of nitrogens with two attached hydrogens (primary N) is 1. The van der Waals surface area contributed by atoms with Crippen LogP contribution < -0.4 is 37.5 Å². The molecule has 48 heavy (non-hydrogen) atoms. The molecule has 15 heteroatoms. The van der Waals surface area contributed by atoms with E-state index in [4.69, 9.17) is 10.5 Å². The van der Waals surface area contributed by atoms with Crippen molar-refractivity contribution in [2.45, 2.75) is 12.8 Å². The van der Waals surface area contributed by atoms with Gasteiger partial charge in [-0.05, 0) is 35.9 Å². The van der Waals surface area contributed by atoms with Gasteiger partial charge in [-0.1, -0.05) is 48.5 Å². The number of hydrogen-bond acceptors (Lipinski definition) is 11. The van der Waals surface area contributed by atoms with Crippen molar-refractivity contribution in [1.82, 2.24) is 30.1 Å². The molecule has 2 amide bonds. The Morgan fingerprint density at radius 1 is 0.854 bits per heavy atom. The summed E-state index contributed by atoms with van der Waals surface area (Å²) in [6, 6.07) is 23.7. The van der Waals surface area contributed by atoms with Gasteiger partial charge in [0.2, 0.25) is 0 Å². The normalized spacial score (nSPS) is 13.4. The highest BCUT2D eigenvalue weighted by molar-refractivity contribution is 6.08. The molecule has 2 aromatic carbocycles. The van der Waals surface area contributed by atoms with Crippen LogP contribution in [0.5, 0.6) is 5.75 Å². The van der Waals surface area contributed by atoms with Gasteiger partial charge in [-0.25, -0.2) is 9.97 Å². The maximum atomic E-state index is 12.8. The van der Waals surface area contributed by atoms with Crippen molar-refractivity contribution >= 4 is 45.3 Å². The molecule has 242 valence electrons. The first-order chi connectivity index (χ1) is 23.2. The van der Waals surface area contributed by atoms with Gasteiger partial charge < -0.3 is 36.8 Å². The minimum Gasteiger partial charge on any atom is -0.488 e. The van der Waals surface area contributed by atoms with Gasteiger partial charge in [0.05, 0.1) is 11.4 Å². The van der Waals surface area contributed by atoms with Crippen molar-refractivity contribution in [2.75, 3.05) is 18.1 Å². The lowest BCUT2D eigenvalue weighted by atomic mass is 10.0. The predicted molar refractivity (Wildman–Crippen MR) is 175 cm³/mol. The number of pyridine rings is 4. The number of para-hydroxylation sites is 1. The summed E-state index contributed by atoms with van der Waals surface area (Å²) in [6.45, 7) is 0.372. The third-order valence-corrected chi connectivity index (χ3v) is 7.58. The minimum absolute atomic E-state index is 0.00255. The number of ether oxygens (including phenoxy) is 1. The summed E-state index contributed by atoms with van der Waals surface area (Å²) >= 11 is 0. The van der Waals surface area contributed by atoms with Crippen LogP contribution in [0.15, 0.2) is 101 Å². The topological polar surface area (TPSA) is 216 Å². The SMILES string of the molecule is CNC(=O)c1c(N)c2cccnc2n(O)c1=O.O=C1NC(c2ccccc2OCc2ccccc2)Nc2c1c(=O)n(O)c1ncccc21. The summed E-state index contributed by atoms with van der Waals surface area (Å²) in [6.07, 6.45) is 2.24. The monoisotopic (exact) mass is 648 g/mol. The highest BCUT2D eigenvalue weighted by Crippen LogP contribution is 2.34. The number of carbonyl (C=O) groups excluding carboxylic acids is 2. The molecule has 0 saturated heterocycles. The molecule has 7 N–H and O–H groups in total. The van der Waals surface area contributed by atoms with Gasteiger partial charge in [0.15, 0.2) is 11.3 Å². The van der Waals surface area contributed by atoms with E-state index < -0.39 is 29.1 Å². The molecule has 1 aliphatic rings. The zero-order valence-electron chi connectivity index (χ0n) is 25.2. The third kappa shape index (κ3) is 5.55. The molecule has 6 aromatic rings. The zero-order chi connectivity index (χ0) is 33.9. The molecule has 0 radical (unpaired) electrons. The summed E-state index contributed by atoms with van der Waals surface area (Å²) in [5.41, 5.74) is 5.69.